The van der Waals surface area contributed by atoms with Gasteiger partial charge in [-0.1, -0.05) is 32.9 Å². The molecule has 2 saturated heterocycles. The molecule has 148 valence electrons. The quantitative estimate of drug-likeness (QED) is 0.753. The van der Waals surface area contributed by atoms with Gasteiger partial charge < -0.3 is 20.1 Å². The van der Waals surface area contributed by atoms with Crippen LogP contribution in [0.15, 0.2) is 35.1 Å². The molecule has 5 nitrogen and oxygen atoms in total. The van der Waals surface area contributed by atoms with Crippen LogP contribution in [0.25, 0.3) is 0 Å². The van der Waals surface area contributed by atoms with Crippen LogP contribution >= 0.6 is 0 Å². The lowest BCUT2D eigenvalue weighted by atomic mass is 10.0. The Morgan fingerprint density at radius 3 is 2.42 bits per heavy atom. The van der Waals surface area contributed by atoms with Crippen LogP contribution < -0.4 is 5.32 Å². The average molecular weight is 365 g/mol. The molecular weight excluding hydrogens is 328 g/mol. The van der Waals surface area contributed by atoms with Crippen molar-refractivity contribution >= 4 is 6.09 Å². The monoisotopic (exact) mass is 364 g/mol. The molecule has 0 unspecified atom stereocenters. The van der Waals surface area contributed by atoms with Crippen molar-refractivity contribution < 1.29 is 16.1 Å². The Bertz CT molecular complexity index is 559. The van der Waals surface area contributed by atoms with Gasteiger partial charge in [-0.25, -0.2) is 4.79 Å². The molecule has 2 heterocycles. The number of nitrogens with zero attached hydrogens (tertiary/aromatic N) is 1. The van der Waals surface area contributed by atoms with Gasteiger partial charge in [-0.3, -0.25) is 0 Å². The SMILES string of the molecule is CC(C)C.O=C(O)N1CCC(OC2=CC=C3CCNCCC3=CC2)CC1.[HH]. The lowest BCUT2D eigenvalue weighted by Crippen LogP contribution is -2.39. The number of nitrogens with one attached hydrogen (secondary N) is 1. The molecule has 0 spiro atoms. The Morgan fingerprint density at radius 2 is 1.81 bits per heavy atom. The maximum absolute atomic E-state index is 10.9. The van der Waals surface area contributed by atoms with Gasteiger partial charge in [0, 0.05) is 33.8 Å². The molecule has 0 aromatic heterocycles. The van der Waals surface area contributed by atoms with Crippen molar-refractivity contribution in [2.75, 3.05) is 26.2 Å². The van der Waals surface area contributed by atoms with E-state index in [0.29, 0.717) is 13.1 Å². The Morgan fingerprint density at radius 1 is 1.19 bits per heavy atom. The van der Waals surface area contributed by atoms with Crippen LogP contribution in [-0.4, -0.2) is 48.4 Å². The number of carbonyl (C=O) groups is 1. The zero-order valence-corrected chi connectivity index (χ0v) is 16.5. The van der Waals surface area contributed by atoms with E-state index in [2.05, 4.69) is 44.3 Å². The van der Waals surface area contributed by atoms with E-state index in [1.165, 1.54) is 16.0 Å². The molecule has 0 bridgehead atoms. The topological polar surface area (TPSA) is 61.8 Å². The molecule has 5 heteroatoms. The Balaban J connectivity index is 0.000000666. The third-order valence-corrected chi connectivity index (χ3v) is 4.61. The molecule has 2 fully saturated rings. The molecule has 2 N–H and O–H groups in total. The predicted octanol–water partition coefficient (Wildman–Crippen LogP) is 4.58. The van der Waals surface area contributed by atoms with Crippen LogP contribution in [0.2, 0.25) is 0 Å². The molecule has 1 amide bonds. The molecule has 0 aromatic carbocycles. The smallest absolute Gasteiger partial charge is 0.407 e. The van der Waals surface area contributed by atoms with Crippen LogP contribution in [0, 0.1) is 5.92 Å². The molecule has 26 heavy (non-hydrogen) atoms. The van der Waals surface area contributed by atoms with Crippen molar-refractivity contribution in [3.8, 4) is 0 Å². The zero-order valence-electron chi connectivity index (χ0n) is 16.5. The van der Waals surface area contributed by atoms with Crippen molar-refractivity contribution in [1.82, 2.24) is 10.2 Å². The number of allylic oxidation sites excluding steroid dienone is 3. The number of piperidine rings is 1. The molecule has 2 aliphatic heterocycles. The van der Waals surface area contributed by atoms with Crippen molar-refractivity contribution in [3.05, 3.63) is 35.1 Å². The fourth-order valence-corrected chi connectivity index (χ4v) is 3.27. The highest BCUT2D eigenvalue weighted by atomic mass is 16.5. The number of hydrogen-bond donors (Lipinski definition) is 2. The average Bonchev–Trinajstić information content (AvgIpc) is 2.91. The number of ether oxygens (including phenoxy) is 1. The molecule has 0 aromatic rings. The first-order chi connectivity index (χ1) is 12.5. The van der Waals surface area contributed by atoms with E-state index in [4.69, 9.17) is 9.84 Å². The van der Waals surface area contributed by atoms with E-state index < -0.39 is 6.09 Å². The summed E-state index contributed by atoms with van der Waals surface area (Å²) >= 11 is 0. The second-order valence-electron chi connectivity index (χ2n) is 7.83. The lowest BCUT2D eigenvalue weighted by molar-refractivity contribution is 0.0487. The summed E-state index contributed by atoms with van der Waals surface area (Å²) in [5.41, 5.74) is 2.87. The summed E-state index contributed by atoms with van der Waals surface area (Å²) < 4.78 is 6.11. The van der Waals surface area contributed by atoms with E-state index >= 15 is 0 Å². The minimum atomic E-state index is -0.824. The minimum absolute atomic E-state index is 0. The summed E-state index contributed by atoms with van der Waals surface area (Å²) in [4.78, 5) is 12.4. The van der Waals surface area contributed by atoms with Crippen LogP contribution in [0.4, 0.5) is 4.79 Å². The second-order valence-corrected chi connectivity index (χ2v) is 7.83. The number of likely N-dealkylation sites (tertiary alicyclic amines) is 1. The fourth-order valence-electron chi connectivity index (χ4n) is 3.27. The summed E-state index contributed by atoms with van der Waals surface area (Å²) in [6, 6.07) is 0. The standard InChI is InChI=1S/C17H24N2O3.C4H10.H2/c20-17(21)19-11-7-16(8-12-19)22-15-3-1-13-5-9-18-10-6-14(13)2-4-15;1-4(2)3;/h1-3,16,18H,4-12H2,(H,20,21);4H,1-3H3;1H. The van der Waals surface area contributed by atoms with Crippen LogP contribution in [-0.2, 0) is 4.74 Å². The van der Waals surface area contributed by atoms with E-state index in [9.17, 15) is 4.79 Å². The van der Waals surface area contributed by atoms with Crippen molar-refractivity contribution in [2.24, 2.45) is 5.92 Å². The molecular formula is C21H36N2O3. The molecule has 0 saturated carbocycles. The maximum Gasteiger partial charge on any atom is 0.407 e. The van der Waals surface area contributed by atoms with Gasteiger partial charge in [0.1, 0.15) is 11.9 Å². The summed E-state index contributed by atoms with van der Waals surface area (Å²) in [7, 11) is 0. The van der Waals surface area contributed by atoms with Gasteiger partial charge in [-0.05, 0) is 49.1 Å². The summed E-state index contributed by atoms with van der Waals surface area (Å²) in [5.74, 6) is 1.84. The first-order valence-electron chi connectivity index (χ1n) is 9.90. The van der Waals surface area contributed by atoms with Crippen molar-refractivity contribution in [2.45, 2.75) is 59.0 Å². The summed E-state index contributed by atoms with van der Waals surface area (Å²) in [6.45, 7) is 9.73. The normalized spacial score (nSPS) is 21.2. The van der Waals surface area contributed by atoms with Gasteiger partial charge >= 0.3 is 6.09 Å². The zero-order chi connectivity index (χ0) is 18.9. The molecule has 3 rings (SSSR count). The number of rotatable bonds is 2. The van der Waals surface area contributed by atoms with Crippen LogP contribution in [0.3, 0.4) is 0 Å². The number of amides is 1. The Labute approximate surface area is 159 Å². The number of hydrogen-bond acceptors (Lipinski definition) is 3. The molecule has 1 aliphatic carbocycles. The Kier molecular flexibility index (Phi) is 8.23. The third-order valence-electron chi connectivity index (χ3n) is 4.61. The van der Waals surface area contributed by atoms with Gasteiger partial charge in [0.05, 0.1) is 0 Å². The van der Waals surface area contributed by atoms with E-state index in [-0.39, 0.29) is 7.53 Å². The first kappa shape index (κ1) is 20.6. The van der Waals surface area contributed by atoms with Gasteiger partial charge in [0.2, 0.25) is 0 Å². The minimum Gasteiger partial charge on any atom is -0.494 e. The second kappa shape index (κ2) is 10.4. The highest BCUT2D eigenvalue weighted by Crippen LogP contribution is 2.27. The molecule has 3 aliphatic rings. The third kappa shape index (κ3) is 6.87. The number of carboxylic acid groups (broad SMARTS) is 1. The van der Waals surface area contributed by atoms with Gasteiger partial charge in [-0.15, -0.1) is 0 Å². The summed E-state index contributed by atoms with van der Waals surface area (Å²) in [6.07, 6.45) is 10.5. The number of fused-ring (bicyclic) bond motifs is 1. The highest BCUT2D eigenvalue weighted by Gasteiger charge is 2.24. The molecule has 0 radical (unpaired) electrons. The van der Waals surface area contributed by atoms with E-state index in [0.717, 1.165) is 56.9 Å². The lowest BCUT2D eigenvalue weighted by Gasteiger charge is -2.30. The van der Waals surface area contributed by atoms with Gasteiger partial charge in [-0.2, -0.15) is 0 Å². The summed E-state index contributed by atoms with van der Waals surface area (Å²) in [5, 5.41) is 12.4. The Hall–Kier alpha value is -1.75. The maximum atomic E-state index is 10.9. The highest BCUT2D eigenvalue weighted by molar-refractivity contribution is 5.65. The van der Waals surface area contributed by atoms with Crippen LogP contribution in [0.5, 0.6) is 0 Å². The first-order valence-corrected chi connectivity index (χ1v) is 9.90. The van der Waals surface area contributed by atoms with Gasteiger partial charge in [0.15, 0.2) is 0 Å². The molecule has 0 atom stereocenters. The van der Waals surface area contributed by atoms with Gasteiger partial charge in [0.25, 0.3) is 0 Å². The van der Waals surface area contributed by atoms with Crippen LogP contribution in [0.1, 0.15) is 54.3 Å². The van der Waals surface area contributed by atoms with Crippen molar-refractivity contribution in [1.29, 1.82) is 0 Å². The fraction of sp³-hybridized carbons (Fsp3) is 0.667. The van der Waals surface area contributed by atoms with E-state index in [1.807, 2.05) is 0 Å². The van der Waals surface area contributed by atoms with E-state index in [1.54, 1.807) is 0 Å². The largest absolute Gasteiger partial charge is 0.494 e. The predicted molar refractivity (Wildman–Crippen MR) is 107 cm³/mol. The van der Waals surface area contributed by atoms with Crippen molar-refractivity contribution in [3.63, 3.8) is 0 Å².